The van der Waals surface area contributed by atoms with E-state index in [4.69, 9.17) is 10.5 Å². The van der Waals surface area contributed by atoms with Crippen molar-refractivity contribution in [2.45, 2.75) is 52.0 Å². The van der Waals surface area contributed by atoms with E-state index in [1.165, 1.54) is 32.1 Å². The van der Waals surface area contributed by atoms with Gasteiger partial charge in [-0.05, 0) is 44.9 Å². The van der Waals surface area contributed by atoms with Gasteiger partial charge in [0.15, 0.2) is 0 Å². The van der Waals surface area contributed by atoms with E-state index in [0.717, 1.165) is 11.4 Å². The SMILES string of the molecule is COc1ccc(N)c(NC(=O)c2cc(C)n(C3CCCCC3)c2C)c1.Cl. The van der Waals surface area contributed by atoms with Gasteiger partial charge in [0.2, 0.25) is 0 Å². The smallest absolute Gasteiger partial charge is 0.257 e. The summed E-state index contributed by atoms with van der Waals surface area (Å²) >= 11 is 0. The van der Waals surface area contributed by atoms with E-state index in [-0.39, 0.29) is 18.3 Å². The Morgan fingerprint density at radius 3 is 2.54 bits per heavy atom. The number of carbonyl (C=O) groups is 1. The van der Waals surface area contributed by atoms with Gasteiger partial charge in [-0.15, -0.1) is 12.4 Å². The fourth-order valence-corrected chi connectivity index (χ4v) is 3.87. The van der Waals surface area contributed by atoms with Gasteiger partial charge in [0.25, 0.3) is 5.91 Å². The van der Waals surface area contributed by atoms with Crippen LogP contribution in [0.4, 0.5) is 11.4 Å². The van der Waals surface area contributed by atoms with Crippen LogP contribution in [0, 0.1) is 13.8 Å². The molecule has 1 aliphatic rings. The van der Waals surface area contributed by atoms with Crippen LogP contribution in [-0.4, -0.2) is 17.6 Å². The third kappa shape index (κ3) is 3.98. The fraction of sp³-hybridized carbons (Fsp3) is 0.450. The second kappa shape index (κ2) is 8.49. The van der Waals surface area contributed by atoms with Crippen LogP contribution in [0.5, 0.6) is 5.75 Å². The van der Waals surface area contributed by atoms with Crippen molar-refractivity contribution < 1.29 is 9.53 Å². The van der Waals surface area contributed by atoms with E-state index in [0.29, 0.717) is 28.7 Å². The number of nitrogens with two attached hydrogens (primary N) is 1. The van der Waals surface area contributed by atoms with Gasteiger partial charge in [0, 0.05) is 23.5 Å². The molecule has 1 aromatic heterocycles. The summed E-state index contributed by atoms with van der Waals surface area (Å²) < 4.78 is 7.55. The largest absolute Gasteiger partial charge is 0.497 e. The summed E-state index contributed by atoms with van der Waals surface area (Å²) in [4.78, 5) is 12.8. The Morgan fingerprint density at radius 1 is 1.19 bits per heavy atom. The molecule has 3 rings (SSSR count). The number of hydrogen-bond acceptors (Lipinski definition) is 3. The number of ether oxygens (including phenoxy) is 1. The minimum absolute atomic E-state index is 0. The molecule has 1 aromatic carbocycles. The number of methoxy groups -OCH3 is 1. The Balaban J connectivity index is 0.00000243. The van der Waals surface area contributed by atoms with Crippen LogP contribution in [0.2, 0.25) is 0 Å². The van der Waals surface area contributed by atoms with Gasteiger partial charge in [-0.3, -0.25) is 4.79 Å². The summed E-state index contributed by atoms with van der Waals surface area (Å²) in [6, 6.07) is 7.75. The summed E-state index contributed by atoms with van der Waals surface area (Å²) in [5.74, 6) is 0.535. The molecule has 3 N–H and O–H groups in total. The van der Waals surface area contributed by atoms with Gasteiger partial charge in [-0.1, -0.05) is 19.3 Å². The molecule has 5 nitrogen and oxygen atoms in total. The Bertz CT molecular complexity index is 780. The van der Waals surface area contributed by atoms with Crippen LogP contribution in [0.1, 0.15) is 59.9 Å². The summed E-state index contributed by atoms with van der Waals surface area (Å²) in [6.45, 7) is 4.11. The molecule has 1 heterocycles. The molecule has 1 amide bonds. The third-order valence-electron chi connectivity index (χ3n) is 5.18. The topological polar surface area (TPSA) is 69.3 Å². The van der Waals surface area contributed by atoms with Crippen LogP contribution < -0.4 is 15.8 Å². The molecule has 0 saturated heterocycles. The molecule has 1 saturated carbocycles. The number of aromatic nitrogens is 1. The number of benzene rings is 1. The number of hydrogen-bond donors (Lipinski definition) is 2. The zero-order valence-electron chi connectivity index (χ0n) is 15.7. The van der Waals surface area contributed by atoms with Crippen molar-refractivity contribution in [2.24, 2.45) is 0 Å². The first-order valence-corrected chi connectivity index (χ1v) is 8.94. The molecule has 26 heavy (non-hydrogen) atoms. The lowest BCUT2D eigenvalue weighted by molar-refractivity contribution is 0.102. The maximum Gasteiger partial charge on any atom is 0.257 e. The molecule has 0 radical (unpaired) electrons. The molecule has 0 spiro atoms. The zero-order valence-corrected chi connectivity index (χ0v) is 16.5. The first-order valence-electron chi connectivity index (χ1n) is 8.94. The minimum atomic E-state index is -0.130. The standard InChI is InChI=1S/C20H27N3O2.ClH/c1-13-11-17(14(2)23(13)15-7-5-4-6-8-15)20(24)22-19-12-16(25-3)9-10-18(19)21;/h9-12,15H,4-8,21H2,1-3H3,(H,22,24);1H. The molecule has 1 aliphatic carbocycles. The zero-order chi connectivity index (χ0) is 18.0. The maximum atomic E-state index is 12.8. The fourth-order valence-electron chi connectivity index (χ4n) is 3.87. The first kappa shape index (κ1) is 20.2. The van der Waals surface area contributed by atoms with Crippen LogP contribution in [0.15, 0.2) is 24.3 Å². The molecule has 6 heteroatoms. The highest BCUT2D eigenvalue weighted by Gasteiger charge is 2.23. The number of nitrogen functional groups attached to an aromatic ring is 1. The van der Waals surface area contributed by atoms with E-state index < -0.39 is 0 Å². The summed E-state index contributed by atoms with van der Waals surface area (Å²) in [7, 11) is 1.59. The Morgan fingerprint density at radius 2 is 1.88 bits per heavy atom. The summed E-state index contributed by atoms with van der Waals surface area (Å²) in [6.07, 6.45) is 6.24. The average molecular weight is 378 g/mol. The van der Waals surface area contributed by atoms with Gasteiger partial charge in [0.05, 0.1) is 24.0 Å². The predicted molar refractivity (Wildman–Crippen MR) is 109 cm³/mol. The molecule has 0 bridgehead atoms. The number of anilines is 2. The van der Waals surface area contributed by atoms with Gasteiger partial charge < -0.3 is 20.4 Å². The first-order chi connectivity index (χ1) is 12.0. The van der Waals surface area contributed by atoms with E-state index >= 15 is 0 Å². The van der Waals surface area contributed by atoms with Crippen molar-refractivity contribution in [3.63, 3.8) is 0 Å². The Kier molecular flexibility index (Phi) is 6.59. The lowest BCUT2D eigenvalue weighted by Crippen LogP contribution is -2.17. The predicted octanol–water partition coefficient (Wildman–Crippen LogP) is 4.88. The Hall–Kier alpha value is -2.14. The molecule has 142 valence electrons. The second-order valence-electron chi connectivity index (χ2n) is 6.85. The minimum Gasteiger partial charge on any atom is -0.497 e. The number of nitrogens with zero attached hydrogens (tertiary/aromatic N) is 1. The third-order valence-corrected chi connectivity index (χ3v) is 5.18. The van der Waals surface area contributed by atoms with Crippen molar-refractivity contribution in [1.82, 2.24) is 4.57 Å². The van der Waals surface area contributed by atoms with Crippen LogP contribution in [0.3, 0.4) is 0 Å². The van der Waals surface area contributed by atoms with Crippen LogP contribution in [-0.2, 0) is 0 Å². The normalized spacial score (nSPS) is 14.6. The van der Waals surface area contributed by atoms with E-state index in [1.54, 1.807) is 25.3 Å². The lowest BCUT2D eigenvalue weighted by Gasteiger charge is -2.26. The van der Waals surface area contributed by atoms with Crippen molar-refractivity contribution in [2.75, 3.05) is 18.2 Å². The van der Waals surface area contributed by atoms with Crippen LogP contribution >= 0.6 is 12.4 Å². The average Bonchev–Trinajstić information content (AvgIpc) is 2.92. The molecule has 1 fully saturated rings. The molecular formula is C20H28ClN3O2. The van der Waals surface area contributed by atoms with Gasteiger partial charge in [0.1, 0.15) is 5.75 Å². The van der Waals surface area contributed by atoms with Gasteiger partial charge >= 0.3 is 0 Å². The van der Waals surface area contributed by atoms with Gasteiger partial charge in [-0.25, -0.2) is 0 Å². The number of halogens is 1. The monoisotopic (exact) mass is 377 g/mol. The summed E-state index contributed by atoms with van der Waals surface area (Å²) in [5, 5.41) is 2.93. The number of carbonyl (C=O) groups excluding carboxylic acids is 1. The van der Waals surface area contributed by atoms with Crippen molar-refractivity contribution in [1.29, 1.82) is 0 Å². The van der Waals surface area contributed by atoms with Gasteiger partial charge in [-0.2, -0.15) is 0 Å². The number of amides is 1. The Labute approximate surface area is 161 Å². The van der Waals surface area contributed by atoms with Crippen molar-refractivity contribution in [3.8, 4) is 5.75 Å². The van der Waals surface area contributed by atoms with Crippen LogP contribution in [0.25, 0.3) is 0 Å². The number of aryl methyl sites for hydroxylation is 1. The van der Waals surface area contributed by atoms with Crippen molar-refractivity contribution in [3.05, 3.63) is 41.2 Å². The maximum absolute atomic E-state index is 12.8. The molecule has 0 aliphatic heterocycles. The highest BCUT2D eigenvalue weighted by Crippen LogP contribution is 2.32. The molecule has 2 aromatic rings. The molecule has 0 atom stereocenters. The quantitative estimate of drug-likeness (QED) is 0.746. The molecule has 0 unspecified atom stereocenters. The van der Waals surface area contributed by atoms with E-state index in [1.807, 2.05) is 13.0 Å². The highest BCUT2D eigenvalue weighted by molar-refractivity contribution is 6.06. The summed E-state index contributed by atoms with van der Waals surface area (Å²) in [5.41, 5.74) is 9.97. The highest BCUT2D eigenvalue weighted by atomic mass is 35.5. The second-order valence-corrected chi connectivity index (χ2v) is 6.85. The van der Waals surface area contributed by atoms with E-state index in [2.05, 4.69) is 16.8 Å². The lowest BCUT2D eigenvalue weighted by atomic mass is 9.95. The number of nitrogens with one attached hydrogen (secondary N) is 1. The number of rotatable bonds is 4. The van der Waals surface area contributed by atoms with E-state index in [9.17, 15) is 4.79 Å². The molecular weight excluding hydrogens is 350 g/mol. The van der Waals surface area contributed by atoms with Crippen molar-refractivity contribution >= 4 is 29.7 Å².